The molecular formula is C33H30N4O8S. The number of carbonyl (C=O) groups is 2. The summed E-state index contributed by atoms with van der Waals surface area (Å²) < 4.78 is 26.6. The molecule has 1 aromatic heterocycles. The van der Waals surface area contributed by atoms with Crippen LogP contribution in [0.1, 0.15) is 21.5 Å². The Morgan fingerprint density at radius 1 is 0.891 bits per heavy atom. The Hall–Kier alpha value is -5.74. The molecule has 12 nitrogen and oxygen atoms in total. The number of aromatic amines is 1. The van der Waals surface area contributed by atoms with Gasteiger partial charge in [-0.3, -0.25) is 14.4 Å². The van der Waals surface area contributed by atoms with Crippen molar-refractivity contribution in [1.82, 2.24) is 9.97 Å². The summed E-state index contributed by atoms with van der Waals surface area (Å²) in [6, 6.07) is 16.8. The number of amides is 1. The van der Waals surface area contributed by atoms with Gasteiger partial charge in [-0.1, -0.05) is 23.9 Å². The van der Waals surface area contributed by atoms with Crippen LogP contribution in [0.2, 0.25) is 0 Å². The van der Waals surface area contributed by atoms with Crippen molar-refractivity contribution in [3.63, 3.8) is 0 Å². The van der Waals surface area contributed by atoms with Gasteiger partial charge in [0.25, 0.3) is 5.56 Å². The smallest absolute Gasteiger partial charge is 0.270 e. The van der Waals surface area contributed by atoms with Gasteiger partial charge in [0, 0.05) is 16.8 Å². The van der Waals surface area contributed by atoms with Crippen LogP contribution in [0, 0.1) is 11.3 Å². The fraction of sp³-hybridized carbons (Fsp3) is 0.182. The molecule has 1 amide bonds. The van der Waals surface area contributed by atoms with Crippen LogP contribution >= 0.6 is 11.8 Å². The standard InChI is InChI=1S/C33H30N4O8S/c1-41-25-13-7-19(14-26(25)42-2)6-12-24(38)20-8-10-22(11-9-20)35-29(39)18-46-33-36-30(23(17-34)32(40)37-33)21-15-27(43-3)31(45-5)28(16-21)44-4/h6-16H,18H2,1-5H3,(H,35,39)(H,36,37,40)/b12-6+. The van der Waals surface area contributed by atoms with Gasteiger partial charge in [0.15, 0.2) is 33.9 Å². The van der Waals surface area contributed by atoms with Crippen LogP contribution < -0.4 is 34.6 Å². The van der Waals surface area contributed by atoms with E-state index in [2.05, 4.69) is 15.3 Å². The van der Waals surface area contributed by atoms with E-state index in [1.165, 1.54) is 34.5 Å². The minimum atomic E-state index is -0.662. The van der Waals surface area contributed by atoms with Crippen LogP contribution in [0.5, 0.6) is 28.7 Å². The van der Waals surface area contributed by atoms with Crippen LogP contribution in [0.4, 0.5) is 5.69 Å². The first-order valence-electron chi connectivity index (χ1n) is 13.6. The zero-order valence-electron chi connectivity index (χ0n) is 25.6. The zero-order chi connectivity index (χ0) is 33.2. The van der Waals surface area contributed by atoms with Gasteiger partial charge in [-0.25, -0.2) is 4.98 Å². The summed E-state index contributed by atoms with van der Waals surface area (Å²) in [6.45, 7) is 0. The first kappa shape index (κ1) is 33.2. The van der Waals surface area contributed by atoms with E-state index in [1.54, 1.807) is 67.8 Å². The van der Waals surface area contributed by atoms with E-state index in [4.69, 9.17) is 23.7 Å². The average Bonchev–Trinajstić information content (AvgIpc) is 3.08. The number of nitriles is 1. The fourth-order valence-electron chi connectivity index (χ4n) is 4.32. The highest BCUT2D eigenvalue weighted by Crippen LogP contribution is 2.41. The number of anilines is 1. The third kappa shape index (κ3) is 7.66. The van der Waals surface area contributed by atoms with Crippen LogP contribution in [0.3, 0.4) is 0 Å². The first-order valence-corrected chi connectivity index (χ1v) is 14.6. The molecule has 0 aliphatic rings. The molecule has 4 rings (SSSR count). The normalized spacial score (nSPS) is 10.6. The quantitative estimate of drug-likeness (QED) is 0.0876. The number of hydrogen-bond donors (Lipinski definition) is 2. The monoisotopic (exact) mass is 642 g/mol. The number of ether oxygens (including phenoxy) is 5. The lowest BCUT2D eigenvalue weighted by Gasteiger charge is -2.14. The topological polar surface area (TPSA) is 162 Å². The molecule has 236 valence electrons. The number of nitrogens with one attached hydrogen (secondary N) is 2. The van der Waals surface area contributed by atoms with E-state index < -0.39 is 5.56 Å². The second kappa shape index (κ2) is 15.3. The second-order valence-electron chi connectivity index (χ2n) is 9.35. The van der Waals surface area contributed by atoms with Crippen molar-refractivity contribution in [3.05, 3.63) is 87.7 Å². The molecule has 1 heterocycles. The molecule has 0 fully saturated rings. The lowest BCUT2D eigenvalue weighted by Crippen LogP contribution is -2.17. The van der Waals surface area contributed by atoms with E-state index in [9.17, 15) is 19.6 Å². The van der Waals surface area contributed by atoms with Gasteiger partial charge < -0.3 is 34.0 Å². The van der Waals surface area contributed by atoms with E-state index in [1.807, 2.05) is 6.07 Å². The predicted octanol–water partition coefficient (Wildman–Crippen LogP) is 4.98. The number of H-pyrrole nitrogens is 1. The number of aromatic nitrogens is 2. The largest absolute Gasteiger partial charge is 0.493 e. The zero-order valence-corrected chi connectivity index (χ0v) is 26.4. The van der Waals surface area contributed by atoms with E-state index >= 15 is 0 Å². The van der Waals surface area contributed by atoms with Crippen molar-refractivity contribution in [2.24, 2.45) is 0 Å². The number of thioether (sulfide) groups is 1. The summed E-state index contributed by atoms with van der Waals surface area (Å²) in [5.41, 5.74) is 1.28. The van der Waals surface area contributed by atoms with Crippen LogP contribution in [-0.4, -0.2) is 63.0 Å². The summed E-state index contributed by atoms with van der Waals surface area (Å²) >= 11 is 0.980. The Balaban J connectivity index is 1.43. The van der Waals surface area contributed by atoms with Gasteiger partial charge in [-0.15, -0.1) is 0 Å². The van der Waals surface area contributed by atoms with Crippen molar-refractivity contribution < 1.29 is 33.3 Å². The lowest BCUT2D eigenvalue weighted by molar-refractivity contribution is -0.113. The van der Waals surface area contributed by atoms with Crippen LogP contribution in [0.15, 0.2) is 70.6 Å². The number of allylic oxidation sites excluding steroid dienone is 1. The highest BCUT2D eigenvalue weighted by molar-refractivity contribution is 7.99. The highest BCUT2D eigenvalue weighted by Gasteiger charge is 2.20. The molecule has 46 heavy (non-hydrogen) atoms. The molecule has 0 aliphatic heterocycles. The molecule has 0 saturated heterocycles. The van der Waals surface area contributed by atoms with Gasteiger partial charge in [0.05, 0.1) is 47.0 Å². The Morgan fingerprint density at radius 2 is 1.54 bits per heavy atom. The predicted molar refractivity (Wildman–Crippen MR) is 173 cm³/mol. The number of methoxy groups -OCH3 is 5. The Morgan fingerprint density at radius 3 is 2.13 bits per heavy atom. The number of rotatable bonds is 13. The number of nitrogens with zero attached hydrogens (tertiary/aromatic N) is 2. The summed E-state index contributed by atoms with van der Waals surface area (Å²) in [7, 11) is 7.44. The molecule has 2 N–H and O–H groups in total. The molecule has 0 atom stereocenters. The molecule has 0 radical (unpaired) electrons. The van der Waals surface area contributed by atoms with E-state index in [0.717, 1.165) is 17.3 Å². The van der Waals surface area contributed by atoms with Crippen molar-refractivity contribution in [1.29, 1.82) is 5.26 Å². The van der Waals surface area contributed by atoms with Crippen molar-refractivity contribution in [2.45, 2.75) is 5.16 Å². The fourth-order valence-corrected chi connectivity index (χ4v) is 4.99. The number of ketones is 1. The molecule has 0 bridgehead atoms. The molecule has 0 saturated carbocycles. The first-order chi connectivity index (χ1) is 22.2. The van der Waals surface area contributed by atoms with Gasteiger partial charge in [0.2, 0.25) is 11.7 Å². The van der Waals surface area contributed by atoms with Gasteiger partial charge in [0.1, 0.15) is 11.6 Å². The third-order valence-electron chi connectivity index (χ3n) is 6.58. The van der Waals surface area contributed by atoms with E-state index in [0.29, 0.717) is 45.6 Å². The van der Waals surface area contributed by atoms with Crippen molar-refractivity contribution >= 4 is 35.2 Å². The summed E-state index contributed by atoms with van der Waals surface area (Å²) in [6.07, 6.45) is 3.12. The Labute approximate surface area is 268 Å². The summed E-state index contributed by atoms with van der Waals surface area (Å²) in [4.78, 5) is 45.1. The maximum Gasteiger partial charge on any atom is 0.270 e. The molecular weight excluding hydrogens is 612 g/mol. The minimum Gasteiger partial charge on any atom is -0.493 e. The molecule has 0 spiro atoms. The minimum absolute atomic E-state index is 0.0915. The van der Waals surface area contributed by atoms with Gasteiger partial charge >= 0.3 is 0 Å². The second-order valence-corrected chi connectivity index (χ2v) is 10.3. The maximum absolute atomic E-state index is 12.7. The molecule has 0 unspecified atom stereocenters. The average molecular weight is 643 g/mol. The Kier molecular flexibility index (Phi) is 11.0. The van der Waals surface area contributed by atoms with Gasteiger partial charge in [-0.05, 0) is 60.2 Å². The lowest BCUT2D eigenvalue weighted by atomic mass is 10.1. The third-order valence-corrected chi connectivity index (χ3v) is 7.45. The number of hydrogen-bond acceptors (Lipinski definition) is 11. The molecule has 3 aromatic carbocycles. The number of benzene rings is 3. The summed E-state index contributed by atoms with van der Waals surface area (Å²) in [5.74, 6) is 1.42. The van der Waals surface area contributed by atoms with Gasteiger partial charge in [-0.2, -0.15) is 5.26 Å². The molecule has 0 aliphatic carbocycles. The summed E-state index contributed by atoms with van der Waals surface area (Å²) in [5, 5.41) is 12.5. The number of carbonyl (C=O) groups excluding carboxylic acids is 2. The van der Waals surface area contributed by atoms with Crippen molar-refractivity contribution in [2.75, 3.05) is 46.6 Å². The molecule has 4 aromatic rings. The Bertz CT molecular complexity index is 1860. The van der Waals surface area contributed by atoms with Crippen LogP contribution in [-0.2, 0) is 4.79 Å². The van der Waals surface area contributed by atoms with Crippen LogP contribution in [0.25, 0.3) is 17.3 Å². The highest BCUT2D eigenvalue weighted by atomic mass is 32.2. The van der Waals surface area contributed by atoms with Crippen molar-refractivity contribution in [3.8, 4) is 46.1 Å². The van der Waals surface area contributed by atoms with E-state index in [-0.39, 0.29) is 33.9 Å². The maximum atomic E-state index is 12.7. The molecule has 13 heteroatoms. The SMILES string of the molecule is COc1ccc(/C=C/C(=O)c2ccc(NC(=O)CSc3nc(-c4cc(OC)c(OC)c(OC)c4)c(C#N)c(=O)[nH]3)cc2)cc1OC.